The summed E-state index contributed by atoms with van der Waals surface area (Å²) < 4.78 is 20.6. The molecular weight excluding hydrogens is 371 g/mol. The molecule has 0 spiro atoms. The highest BCUT2D eigenvalue weighted by molar-refractivity contribution is 5.92. The molecule has 0 atom stereocenters. The average Bonchev–Trinajstić information content (AvgIpc) is 3.25. The maximum Gasteiger partial charge on any atom is 0.274 e. The van der Waals surface area contributed by atoms with Crippen molar-refractivity contribution in [2.75, 3.05) is 33.3 Å². The van der Waals surface area contributed by atoms with Gasteiger partial charge >= 0.3 is 0 Å². The maximum atomic E-state index is 13.9. The highest BCUT2D eigenvalue weighted by Crippen LogP contribution is 2.19. The number of rotatable bonds is 5. The molecule has 1 aliphatic rings. The van der Waals surface area contributed by atoms with Crippen LogP contribution in [0.3, 0.4) is 0 Å². The number of amides is 1. The van der Waals surface area contributed by atoms with Crippen LogP contribution in [0.15, 0.2) is 60.8 Å². The number of nitrogens with zero attached hydrogens (tertiary/aromatic N) is 4. The number of para-hydroxylation sites is 1. The van der Waals surface area contributed by atoms with E-state index in [0.29, 0.717) is 25.3 Å². The summed E-state index contributed by atoms with van der Waals surface area (Å²) in [5.41, 5.74) is 2.26. The minimum atomic E-state index is -0.354. The van der Waals surface area contributed by atoms with Crippen LogP contribution in [0.1, 0.15) is 16.1 Å². The van der Waals surface area contributed by atoms with Gasteiger partial charge in [-0.2, -0.15) is 5.10 Å². The third-order valence-electron chi connectivity index (χ3n) is 5.11. The second-order valence-electron chi connectivity index (χ2n) is 7.02. The zero-order valence-corrected chi connectivity index (χ0v) is 16.3. The summed E-state index contributed by atoms with van der Waals surface area (Å²) in [6.07, 6.45) is 1.80. The van der Waals surface area contributed by atoms with Crippen molar-refractivity contribution < 1.29 is 13.9 Å². The summed E-state index contributed by atoms with van der Waals surface area (Å²) in [4.78, 5) is 16.8. The van der Waals surface area contributed by atoms with Crippen LogP contribution >= 0.6 is 0 Å². The van der Waals surface area contributed by atoms with Crippen LogP contribution in [0.4, 0.5) is 4.39 Å². The number of methoxy groups -OCH3 is 1. The molecular formula is C22H23FN4O2. The molecule has 0 unspecified atom stereocenters. The molecule has 1 fully saturated rings. The predicted molar refractivity (Wildman–Crippen MR) is 108 cm³/mol. The zero-order valence-electron chi connectivity index (χ0n) is 16.3. The highest BCUT2D eigenvalue weighted by Gasteiger charge is 2.24. The van der Waals surface area contributed by atoms with E-state index >= 15 is 0 Å². The molecule has 29 heavy (non-hydrogen) atoms. The van der Waals surface area contributed by atoms with Crippen molar-refractivity contribution in [3.63, 3.8) is 0 Å². The normalized spacial score (nSPS) is 14.8. The van der Waals surface area contributed by atoms with Crippen LogP contribution in [-0.2, 0) is 6.54 Å². The summed E-state index contributed by atoms with van der Waals surface area (Å²) in [5.74, 6) is -0.165. The Labute approximate surface area is 169 Å². The number of benzene rings is 2. The van der Waals surface area contributed by atoms with E-state index in [1.54, 1.807) is 23.0 Å². The van der Waals surface area contributed by atoms with Gasteiger partial charge in [0.1, 0.15) is 0 Å². The quantitative estimate of drug-likeness (QED) is 0.668. The number of carbonyl (C=O) groups is 1. The van der Waals surface area contributed by atoms with E-state index < -0.39 is 0 Å². The fraction of sp³-hybridized carbons (Fsp3) is 0.273. The minimum absolute atomic E-state index is 0.0603. The molecule has 150 valence electrons. The largest absolute Gasteiger partial charge is 0.494 e. The number of carbonyl (C=O) groups excluding carboxylic acids is 1. The number of hydrogen-bond donors (Lipinski definition) is 0. The Kier molecular flexibility index (Phi) is 5.57. The summed E-state index contributed by atoms with van der Waals surface area (Å²) in [7, 11) is 1.46. The molecule has 2 heterocycles. The highest BCUT2D eigenvalue weighted by atomic mass is 19.1. The molecule has 1 aliphatic heterocycles. The molecule has 6 nitrogen and oxygen atoms in total. The molecule has 0 radical (unpaired) electrons. The topological polar surface area (TPSA) is 50.6 Å². The number of piperazine rings is 1. The Morgan fingerprint density at radius 3 is 2.52 bits per heavy atom. The average molecular weight is 394 g/mol. The number of ether oxygens (including phenoxy) is 1. The SMILES string of the molecule is COc1ccc(CN2CCN(C(=O)c3ccn(-c4ccccc4)n3)CC2)cc1F. The van der Waals surface area contributed by atoms with Crippen LogP contribution in [0.25, 0.3) is 5.69 Å². The van der Waals surface area contributed by atoms with E-state index in [4.69, 9.17) is 4.74 Å². The monoisotopic (exact) mass is 394 g/mol. The molecule has 2 aromatic carbocycles. The molecule has 0 saturated carbocycles. The van der Waals surface area contributed by atoms with Gasteiger partial charge in [0.25, 0.3) is 5.91 Å². The Morgan fingerprint density at radius 2 is 1.83 bits per heavy atom. The van der Waals surface area contributed by atoms with Gasteiger partial charge < -0.3 is 9.64 Å². The van der Waals surface area contributed by atoms with E-state index in [9.17, 15) is 9.18 Å². The van der Waals surface area contributed by atoms with Crippen LogP contribution < -0.4 is 4.74 Å². The first-order valence-corrected chi connectivity index (χ1v) is 9.59. The third-order valence-corrected chi connectivity index (χ3v) is 5.11. The molecule has 3 aromatic rings. The standard InChI is InChI=1S/C22H23FN4O2/c1-29-21-8-7-17(15-19(21)23)16-25-11-13-26(14-12-25)22(28)20-9-10-27(24-20)18-5-3-2-4-6-18/h2-10,15H,11-14,16H2,1H3. The van der Waals surface area contributed by atoms with Gasteiger partial charge in [-0.05, 0) is 35.9 Å². The van der Waals surface area contributed by atoms with E-state index in [-0.39, 0.29) is 17.5 Å². The molecule has 1 saturated heterocycles. The van der Waals surface area contributed by atoms with Crippen molar-refractivity contribution in [1.29, 1.82) is 0 Å². The van der Waals surface area contributed by atoms with Crippen LogP contribution in [0.5, 0.6) is 5.75 Å². The van der Waals surface area contributed by atoms with Crippen molar-refractivity contribution >= 4 is 5.91 Å². The molecule has 7 heteroatoms. The molecule has 1 amide bonds. The van der Waals surface area contributed by atoms with Crippen molar-refractivity contribution in [2.45, 2.75) is 6.54 Å². The predicted octanol–water partition coefficient (Wildman–Crippen LogP) is 2.98. The van der Waals surface area contributed by atoms with Gasteiger partial charge in [0.2, 0.25) is 0 Å². The Balaban J connectivity index is 1.34. The van der Waals surface area contributed by atoms with Gasteiger partial charge in [-0.25, -0.2) is 9.07 Å². The Morgan fingerprint density at radius 1 is 1.07 bits per heavy atom. The summed E-state index contributed by atoms with van der Waals surface area (Å²) >= 11 is 0. The van der Waals surface area contributed by atoms with Crippen LogP contribution in [-0.4, -0.2) is 58.8 Å². The first-order valence-electron chi connectivity index (χ1n) is 9.59. The lowest BCUT2D eigenvalue weighted by Crippen LogP contribution is -2.48. The first-order chi connectivity index (χ1) is 14.1. The fourth-order valence-corrected chi connectivity index (χ4v) is 3.50. The third kappa shape index (κ3) is 4.30. The summed E-state index contributed by atoms with van der Waals surface area (Å²) in [5, 5.41) is 4.43. The van der Waals surface area contributed by atoms with Gasteiger partial charge in [0.05, 0.1) is 12.8 Å². The second kappa shape index (κ2) is 8.45. The van der Waals surface area contributed by atoms with Crippen LogP contribution in [0, 0.1) is 5.82 Å². The molecule has 0 bridgehead atoms. The van der Waals surface area contributed by atoms with E-state index in [0.717, 1.165) is 24.3 Å². The van der Waals surface area contributed by atoms with Gasteiger partial charge in [-0.1, -0.05) is 24.3 Å². The van der Waals surface area contributed by atoms with Crippen molar-refractivity contribution in [3.05, 3.63) is 77.9 Å². The Hall–Kier alpha value is -3.19. The fourth-order valence-electron chi connectivity index (χ4n) is 3.50. The van der Waals surface area contributed by atoms with Crippen molar-refractivity contribution in [3.8, 4) is 11.4 Å². The zero-order chi connectivity index (χ0) is 20.2. The van der Waals surface area contributed by atoms with E-state index in [1.807, 2.05) is 41.3 Å². The summed E-state index contributed by atoms with van der Waals surface area (Å²) in [6.45, 7) is 3.36. The smallest absolute Gasteiger partial charge is 0.274 e. The van der Waals surface area contributed by atoms with Crippen LogP contribution in [0.2, 0.25) is 0 Å². The molecule has 1 aromatic heterocycles. The first kappa shape index (κ1) is 19.1. The van der Waals surface area contributed by atoms with E-state index in [1.165, 1.54) is 13.2 Å². The van der Waals surface area contributed by atoms with Gasteiger partial charge in [-0.3, -0.25) is 9.69 Å². The maximum absolute atomic E-state index is 13.9. The second-order valence-corrected chi connectivity index (χ2v) is 7.02. The lowest BCUT2D eigenvalue weighted by molar-refractivity contribution is 0.0622. The number of aromatic nitrogens is 2. The van der Waals surface area contributed by atoms with Gasteiger partial charge in [0, 0.05) is 38.9 Å². The molecule has 0 N–H and O–H groups in total. The van der Waals surface area contributed by atoms with E-state index in [2.05, 4.69) is 10.00 Å². The van der Waals surface area contributed by atoms with Gasteiger partial charge in [0.15, 0.2) is 17.3 Å². The lowest BCUT2D eigenvalue weighted by Gasteiger charge is -2.34. The Bertz CT molecular complexity index is 981. The van der Waals surface area contributed by atoms with Crippen molar-refractivity contribution in [2.24, 2.45) is 0 Å². The summed E-state index contributed by atoms with van der Waals surface area (Å²) in [6, 6.07) is 16.5. The lowest BCUT2D eigenvalue weighted by atomic mass is 10.1. The van der Waals surface area contributed by atoms with Crippen molar-refractivity contribution in [1.82, 2.24) is 19.6 Å². The number of hydrogen-bond acceptors (Lipinski definition) is 4. The molecule has 4 rings (SSSR count). The molecule has 0 aliphatic carbocycles. The minimum Gasteiger partial charge on any atom is -0.494 e. The number of halogens is 1. The van der Waals surface area contributed by atoms with Gasteiger partial charge in [-0.15, -0.1) is 0 Å².